The number of esters is 1. The average molecular weight is 217 g/mol. The molecule has 0 aromatic rings. The van der Waals surface area contributed by atoms with Crippen LogP contribution in [0.3, 0.4) is 0 Å². The van der Waals surface area contributed by atoms with Gasteiger partial charge in [-0.1, -0.05) is 6.58 Å². The van der Waals surface area contributed by atoms with E-state index < -0.39 is 5.97 Å². The van der Waals surface area contributed by atoms with Crippen molar-refractivity contribution in [3.8, 4) is 0 Å². The molecule has 1 atom stereocenters. The number of nitrogens with zero attached hydrogens (tertiary/aromatic N) is 1. The summed E-state index contributed by atoms with van der Waals surface area (Å²) in [4.78, 5) is 19.6. The van der Waals surface area contributed by atoms with Crippen molar-refractivity contribution >= 4 is 11.9 Å². The van der Waals surface area contributed by atoms with Crippen LogP contribution in [0.4, 0.5) is 0 Å². The van der Waals surface area contributed by atoms with Gasteiger partial charge in [-0.3, -0.25) is 4.48 Å². The van der Waals surface area contributed by atoms with Gasteiger partial charge in [0, 0.05) is 19.0 Å². The van der Waals surface area contributed by atoms with E-state index in [-0.39, 0.29) is 12.2 Å². The van der Waals surface area contributed by atoms with Crippen LogP contribution in [0.5, 0.6) is 0 Å². The van der Waals surface area contributed by atoms with Crippen LogP contribution in [0.1, 0.15) is 13.8 Å². The fourth-order valence-corrected chi connectivity index (χ4v) is 0.374. The zero-order valence-electron chi connectivity index (χ0n) is 9.94. The molecule has 0 saturated carbocycles. The third-order valence-electron chi connectivity index (χ3n) is 1.54. The van der Waals surface area contributed by atoms with Crippen LogP contribution in [0.15, 0.2) is 12.7 Å². The van der Waals surface area contributed by atoms with Crippen molar-refractivity contribution in [2.45, 2.75) is 20.1 Å². The lowest BCUT2D eigenvalue weighted by atomic mass is 10.5. The van der Waals surface area contributed by atoms with Gasteiger partial charge in [-0.05, 0) is 6.92 Å². The molecule has 0 rings (SSSR count). The maximum atomic E-state index is 10.7. The molecule has 0 amide bonds. The molecular weight excluding hydrogens is 198 g/mol. The largest absolute Gasteiger partial charge is 0.550 e. The summed E-state index contributed by atoms with van der Waals surface area (Å²) < 4.78 is 5.58. The van der Waals surface area contributed by atoms with Crippen LogP contribution in [0.2, 0.25) is 0 Å². The Morgan fingerprint density at radius 3 is 1.93 bits per heavy atom. The zero-order valence-corrected chi connectivity index (χ0v) is 9.94. The number of carboxylic acid groups (broad SMARTS) is 1. The number of carboxylic acids is 1. The van der Waals surface area contributed by atoms with Gasteiger partial charge in [0.15, 0.2) is 0 Å². The Kier molecular flexibility index (Phi) is 7.51. The molecule has 0 aromatic heterocycles. The van der Waals surface area contributed by atoms with Gasteiger partial charge < -0.3 is 14.6 Å². The smallest absolute Gasteiger partial charge is 0.334 e. The highest BCUT2D eigenvalue weighted by molar-refractivity contribution is 5.81. The minimum atomic E-state index is -1.08. The molecule has 0 radical (unpaired) electrons. The van der Waals surface area contributed by atoms with E-state index in [2.05, 4.69) is 6.58 Å². The Morgan fingerprint density at radius 2 is 1.73 bits per heavy atom. The molecule has 5 heteroatoms. The second kappa shape index (κ2) is 7.00. The van der Waals surface area contributed by atoms with Gasteiger partial charge >= 0.3 is 5.97 Å². The Labute approximate surface area is 90.5 Å². The third kappa shape index (κ3) is 12.6. The normalized spacial score (nSPS) is 11.8. The second-order valence-corrected chi connectivity index (χ2v) is 3.85. The van der Waals surface area contributed by atoms with E-state index in [9.17, 15) is 4.79 Å². The number of hydrogen-bond donors (Lipinski definition) is 0. The van der Waals surface area contributed by atoms with Crippen molar-refractivity contribution in [1.82, 2.24) is 0 Å². The van der Waals surface area contributed by atoms with Crippen molar-refractivity contribution in [2.24, 2.45) is 0 Å². The lowest BCUT2D eigenvalue weighted by Gasteiger charge is -2.29. The predicted octanol–water partition coefficient (Wildman–Crippen LogP) is -0.476. The van der Waals surface area contributed by atoms with Gasteiger partial charge in [0.1, 0.15) is 0 Å². The van der Waals surface area contributed by atoms with Gasteiger partial charge in [0.2, 0.25) is 6.23 Å². The quantitative estimate of drug-likeness (QED) is 0.277. The van der Waals surface area contributed by atoms with Crippen LogP contribution >= 0.6 is 0 Å². The molecule has 1 unspecified atom stereocenters. The molecule has 0 aliphatic heterocycles. The Balaban J connectivity index is 0. The number of rotatable bonds is 3. The summed E-state index contributed by atoms with van der Waals surface area (Å²) in [5.74, 6) is -1.45. The molecular formula is C10H19NO4. The molecule has 0 spiro atoms. The summed E-state index contributed by atoms with van der Waals surface area (Å²) in [5.41, 5.74) is 0. The summed E-state index contributed by atoms with van der Waals surface area (Å²) >= 11 is 0. The van der Waals surface area contributed by atoms with Crippen LogP contribution < -0.4 is 5.11 Å². The molecule has 0 saturated heterocycles. The standard InChI is InChI=1S/C8H16NO2.C2H4O2/c1-6-8(10)11-7(2)9(3,4)5;1-2(3)4/h6-7H,1H2,2-5H3;1H3,(H,3,4)/q+1;/p-1. The number of quaternary nitrogens is 1. The van der Waals surface area contributed by atoms with E-state index in [0.29, 0.717) is 4.48 Å². The number of aliphatic carboxylic acids is 1. The molecule has 0 N–H and O–H groups in total. The summed E-state index contributed by atoms with van der Waals surface area (Å²) in [6, 6.07) is 0. The van der Waals surface area contributed by atoms with E-state index in [1.165, 1.54) is 6.08 Å². The molecule has 0 fully saturated rings. The Hall–Kier alpha value is -1.36. The van der Waals surface area contributed by atoms with Crippen molar-refractivity contribution in [1.29, 1.82) is 0 Å². The maximum absolute atomic E-state index is 10.7. The third-order valence-corrected chi connectivity index (χ3v) is 1.54. The first kappa shape index (κ1) is 16.1. The molecule has 5 nitrogen and oxygen atoms in total. The van der Waals surface area contributed by atoms with Gasteiger partial charge in [-0.25, -0.2) is 4.79 Å². The molecule has 0 aliphatic rings. The van der Waals surface area contributed by atoms with Crippen LogP contribution in [0, 0.1) is 0 Å². The molecule has 0 bridgehead atoms. The number of hydrogen-bond acceptors (Lipinski definition) is 4. The van der Waals surface area contributed by atoms with Crippen molar-refractivity contribution in [3.05, 3.63) is 12.7 Å². The Morgan fingerprint density at radius 1 is 1.40 bits per heavy atom. The average Bonchev–Trinajstić information content (AvgIpc) is 2.01. The number of carbonyl (C=O) groups excluding carboxylic acids is 2. The van der Waals surface area contributed by atoms with Crippen molar-refractivity contribution in [3.63, 3.8) is 0 Å². The van der Waals surface area contributed by atoms with E-state index in [1.54, 1.807) is 0 Å². The maximum Gasteiger partial charge on any atom is 0.334 e. The first-order valence-electron chi connectivity index (χ1n) is 4.43. The van der Waals surface area contributed by atoms with E-state index in [4.69, 9.17) is 14.6 Å². The zero-order chi connectivity index (χ0) is 12.6. The van der Waals surface area contributed by atoms with Crippen LogP contribution in [-0.4, -0.2) is 43.8 Å². The molecule has 0 aliphatic carbocycles. The highest BCUT2D eigenvalue weighted by Crippen LogP contribution is 2.03. The van der Waals surface area contributed by atoms with Gasteiger partial charge in [0.05, 0.1) is 21.1 Å². The molecule has 15 heavy (non-hydrogen) atoms. The fraction of sp³-hybridized carbons (Fsp3) is 0.600. The Bertz CT molecular complexity index is 226. The number of carbonyl (C=O) groups is 2. The molecule has 88 valence electrons. The predicted molar refractivity (Wildman–Crippen MR) is 54.5 cm³/mol. The second-order valence-electron chi connectivity index (χ2n) is 3.85. The lowest BCUT2D eigenvalue weighted by Crippen LogP contribution is -2.45. The SMILES string of the molecule is C=CC(=O)OC(C)[N+](C)(C)C.CC(=O)[O-]. The van der Waals surface area contributed by atoms with E-state index in [1.807, 2.05) is 28.1 Å². The minimum absolute atomic E-state index is 0.138. The van der Waals surface area contributed by atoms with Gasteiger partial charge in [-0.15, -0.1) is 0 Å². The summed E-state index contributed by atoms with van der Waals surface area (Å²) in [6.07, 6.45) is 1.03. The van der Waals surface area contributed by atoms with Crippen LogP contribution in [-0.2, 0) is 14.3 Å². The summed E-state index contributed by atoms with van der Waals surface area (Å²) in [7, 11) is 5.88. The van der Waals surface area contributed by atoms with E-state index >= 15 is 0 Å². The fourth-order valence-electron chi connectivity index (χ4n) is 0.374. The van der Waals surface area contributed by atoms with Crippen molar-refractivity contribution in [2.75, 3.05) is 21.1 Å². The first-order chi connectivity index (χ1) is 6.61. The minimum Gasteiger partial charge on any atom is -0.550 e. The van der Waals surface area contributed by atoms with Gasteiger partial charge in [-0.2, -0.15) is 0 Å². The monoisotopic (exact) mass is 217 g/mol. The molecule has 0 aromatic carbocycles. The van der Waals surface area contributed by atoms with Gasteiger partial charge in [0.25, 0.3) is 0 Å². The van der Waals surface area contributed by atoms with Crippen molar-refractivity contribution < 1.29 is 23.9 Å². The first-order valence-corrected chi connectivity index (χ1v) is 4.43. The topological polar surface area (TPSA) is 66.4 Å². The highest BCUT2D eigenvalue weighted by Gasteiger charge is 2.20. The summed E-state index contributed by atoms with van der Waals surface area (Å²) in [6.45, 7) is 6.14. The molecule has 0 heterocycles. The summed E-state index contributed by atoms with van der Waals surface area (Å²) in [5, 5.41) is 8.89. The lowest BCUT2D eigenvalue weighted by molar-refractivity contribution is -0.914. The highest BCUT2D eigenvalue weighted by atomic mass is 16.6. The van der Waals surface area contributed by atoms with Crippen LogP contribution in [0.25, 0.3) is 0 Å². The van der Waals surface area contributed by atoms with E-state index in [0.717, 1.165) is 6.92 Å². The number of ether oxygens (including phenoxy) is 1.